The summed E-state index contributed by atoms with van der Waals surface area (Å²) in [4.78, 5) is 17.3. The topological polar surface area (TPSA) is 33.2 Å². The van der Waals surface area contributed by atoms with Crippen molar-refractivity contribution in [1.29, 1.82) is 0 Å². The molecule has 1 aromatic heterocycles. The highest BCUT2D eigenvalue weighted by atomic mass is 79.9. The molecule has 1 aromatic carbocycles. The molecule has 0 spiro atoms. The summed E-state index contributed by atoms with van der Waals surface area (Å²) in [5.41, 5.74) is 2.27. The molecular weight excluding hydrogens is 396 g/mol. The first kappa shape index (κ1) is 19.1. The van der Waals surface area contributed by atoms with E-state index in [0.717, 1.165) is 15.7 Å². The molecule has 0 fully saturated rings. The van der Waals surface area contributed by atoms with Crippen LogP contribution in [0, 0.1) is 0 Å². The van der Waals surface area contributed by atoms with Gasteiger partial charge in [0, 0.05) is 21.9 Å². The van der Waals surface area contributed by atoms with Crippen LogP contribution in [-0.4, -0.2) is 27.2 Å². The maximum atomic E-state index is 13.1. The lowest BCUT2D eigenvalue weighted by atomic mass is 10.1. The highest BCUT2D eigenvalue weighted by Crippen LogP contribution is 2.34. The number of benzene rings is 1. The molecule has 0 aliphatic rings. The van der Waals surface area contributed by atoms with E-state index in [0.29, 0.717) is 5.69 Å². The van der Waals surface area contributed by atoms with Gasteiger partial charge < -0.3 is 4.23 Å². The Bertz CT molecular complexity index is 723. The number of pyridine rings is 1. The Hall–Kier alpha value is -1.25. The van der Waals surface area contributed by atoms with E-state index in [9.17, 15) is 4.79 Å². The third-order valence-corrected chi connectivity index (χ3v) is 11.4. The number of hydrogen-bond donors (Lipinski definition) is 0. The SMILES string of the molecule is C[Si](C)(C)N(c1ccc(Br)cc1C(=O)c1ccccn1)[Si](C)(C)C. The molecule has 0 radical (unpaired) electrons. The van der Waals surface area contributed by atoms with Crippen molar-refractivity contribution in [2.45, 2.75) is 39.3 Å². The second-order valence-corrected chi connectivity index (χ2v) is 18.8. The van der Waals surface area contributed by atoms with Gasteiger partial charge in [-0.05, 0) is 30.3 Å². The molecule has 0 atom stereocenters. The third kappa shape index (κ3) is 4.23. The summed E-state index contributed by atoms with van der Waals surface area (Å²) in [6, 6.07) is 11.5. The van der Waals surface area contributed by atoms with Crippen molar-refractivity contribution in [3.05, 3.63) is 58.3 Å². The van der Waals surface area contributed by atoms with Gasteiger partial charge in [-0.1, -0.05) is 61.3 Å². The number of aromatic nitrogens is 1. The largest absolute Gasteiger partial charge is 0.424 e. The van der Waals surface area contributed by atoms with Gasteiger partial charge in [-0.2, -0.15) is 0 Å². The number of ketones is 1. The monoisotopic (exact) mass is 420 g/mol. The summed E-state index contributed by atoms with van der Waals surface area (Å²) in [5, 5.41) is 0. The van der Waals surface area contributed by atoms with Crippen molar-refractivity contribution in [3.63, 3.8) is 0 Å². The van der Waals surface area contributed by atoms with Crippen LogP contribution in [0.2, 0.25) is 39.3 Å². The lowest BCUT2D eigenvalue weighted by molar-refractivity contribution is 0.103. The average Bonchev–Trinajstić information content (AvgIpc) is 2.46. The number of carbonyl (C=O) groups is 1. The maximum absolute atomic E-state index is 13.1. The Labute approximate surface area is 155 Å². The predicted octanol–water partition coefficient (Wildman–Crippen LogP) is 5.55. The zero-order valence-corrected chi connectivity index (χ0v) is 18.8. The number of nitrogens with zero attached hydrogens (tertiary/aromatic N) is 2. The smallest absolute Gasteiger partial charge is 0.213 e. The molecule has 0 saturated heterocycles. The molecule has 0 N–H and O–H groups in total. The summed E-state index contributed by atoms with van der Waals surface area (Å²) in [7, 11) is -3.30. The van der Waals surface area contributed by atoms with Crippen LogP contribution in [0.1, 0.15) is 16.1 Å². The molecule has 0 aliphatic carbocycles. The number of anilines is 1. The van der Waals surface area contributed by atoms with E-state index < -0.39 is 16.5 Å². The van der Waals surface area contributed by atoms with E-state index in [1.165, 1.54) is 0 Å². The van der Waals surface area contributed by atoms with Crippen LogP contribution >= 0.6 is 15.9 Å². The van der Waals surface area contributed by atoms with Crippen molar-refractivity contribution in [2.75, 3.05) is 4.23 Å². The second kappa shape index (κ2) is 6.94. The first-order valence-corrected chi connectivity index (χ1v) is 15.8. The van der Waals surface area contributed by atoms with Gasteiger partial charge in [0.15, 0.2) is 0 Å². The lowest BCUT2D eigenvalue weighted by Gasteiger charge is -2.46. The van der Waals surface area contributed by atoms with E-state index >= 15 is 0 Å². The van der Waals surface area contributed by atoms with Crippen LogP contribution in [-0.2, 0) is 0 Å². The van der Waals surface area contributed by atoms with Gasteiger partial charge in [0.1, 0.15) is 22.2 Å². The molecule has 2 aromatic rings. The van der Waals surface area contributed by atoms with Crippen LogP contribution in [0.5, 0.6) is 0 Å². The Morgan fingerprint density at radius 3 is 2.12 bits per heavy atom. The zero-order valence-electron chi connectivity index (χ0n) is 15.2. The standard InChI is InChI=1S/C18H25BrN2OSi2/c1-23(2,3)21(24(4,5)6)17-11-10-14(19)13-15(17)18(22)16-9-7-8-12-20-16/h7-13H,1-6H3. The molecule has 128 valence electrons. The summed E-state index contributed by atoms with van der Waals surface area (Å²) in [6.45, 7) is 14.0. The minimum atomic E-state index is -1.65. The number of hydrogen-bond acceptors (Lipinski definition) is 3. The number of carbonyl (C=O) groups excluding carboxylic acids is 1. The summed E-state index contributed by atoms with van der Waals surface area (Å²) < 4.78 is 3.49. The Morgan fingerprint density at radius 1 is 1.00 bits per heavy atom. The molecule has 0 saturated carbocycles. The van der Waals surface area contributed by atoms with Crippen molar-refractivity contribution in [3.8, 4) is 0 Å². The predicted molar refractivity (Wildman–Crippen MR) is 111 cm³/mol. The minimum absolute atomic E-state index is 0.0200. The second-order valence-electron chi connectivity index (χ2n) is 7.88. The Balaban J connectivity index is 2.66. The molecular formula is C18H25BrN2OSi2. The van der Waals surface area contributed by atoms with Crippen LogP contribution in [0.3, 0.4) is 0 Å². The fourth-order valence-corrected chi connectivity index (χ4v) is 13.5. The van der Waals surface area contributed by atoms with Crippen molar-refractivity contribution >= 4 is 43.9 Å². The molecule has 24 heavy (non-hydrogen) atoms. The molecule has 0 aliphatic heterocycles. The third-order valence-electron chi connectivity index (χ3n) is 3.68. The van der Waals surface area contributed by atoms with Gasteiger partial charge in [-0.15, -0.1) is 0 Å². The minimum Gasteiger partial charge on any atom is -0.424 e. The molecule has 0 amide bonds. The lowest BCUT2D eigenvalue weighted by Crippen LogP contribution is -2.60. The van der Waals surface area contributed by atoms with Crippen molar-refractivity contribution < 1.29 is 4.79 Å². The van der Waals surface area contributed by atoms with Crippen LogP contribution < -0.4 is 4.23 Å². The Morgan fingerprint density at radius 2 is 1.62 bits per heavy atom. The summed E-state index contributed by atoms with van der Waals surface area (Å²) in [6.07, 6.45) is 1.67. The molecule has 1 heterocycles. The Kier molecular flexibility index (Phi) is 5.52. The molecule has 2 rings (SSSR count). The van der Waals surface area contributed by atoms with Gasteiger partial charge >= 0.3 is 0 Å². The molecule has 0 unspecified atom stereocenters. The van der Waals surface area contributed by atoms with Gasteiger partial charge in [-0.3, -0.25) is 9.78 Å². The number of halogens is 1. The fourth-order valence-electron chi connectivity index (χ4n) is 3.25. The normalized spacial score (nSPS) is 12.1. The highest BCUT2D eigenvalue weighted by Gasteiger charge is 2.36. The van der Waals surface area contributed by atoms with E-state index in [-0.39, 0.29) is 5.78 Å². The van der Waals surface area contributed by atoms with Crippen LogP contribution in [0.25, 0.3) is 0 Å². The molecule has 0 bridgehead atoms. The summed E-state index contributed by atoms with van der Waals surface area (Å²) in [5.74, 6) is -0.0200. The van der Waals surface area contributed by atoms with E-state index in [1.54, 1.807) is 12.3 Å². The van der Waals surface area contributed by atoms with Gasteiger partial charge in [0.05, 0.1) is 0 Å². The van der Waals surface area contributed by atoms with Gasteiger partial charge in [-0.25, -0.2) is 0 Å². The maximum Gasteiger partial charge on any atom is 0.213 e. The van der Waals surface area contributed by atoms with Crippen LogP contribution in [0.15, 0.2) is 47.1 Å². The van der Waals surface area contributed by atoms with Gasteiger partial charge in [0.2, 0.25) is 5.78 Å². The fraction of sp³-hybridized carbons (Fsp3) is 0.333. The van der Waals surface area contributed by atoms with Gasteiger partial charge in [0.25, 0.3) is 0 Å². The molecule has 6 heteroatoms. The quantitative estimate of drug-likeness (QED) is 0.469. The molecule has 3 nitrogen and oxygen atoms in total. The zero-order chi connectivity index (χ0) is 18.1. The van der Waals surface area contributed by atoms with E-state index in [4.69, 9.17) is 0 Å². The first-order chi connectivity index (χ1) is 11.0. The van der Waals surface area contributed by atoms with Crippen molar-refractivity contribution in [2.24, 2.45) is 0 Å². The van der Waals surface area contributed by atoms with Crippen molar-refractivity contribution in [1.82, 2.24) is 4.98 Å². The van der Waals surface area contributed by atoms with E-state index in [1.807, 2.05) is 24.3 Å². The summed E-state index contributed by atoms with van der Waals surface area (Å²) >= 11 is 3.52. The number of rotatable bonds is 5. The van der Waals surface area contributed by atoms with E-state index in [2.05, 4.69) is 70.5 Å². The van der Waals surface area contributed by atoms with Crippen LogP contribution in [0.4, 0.5) is 5.69 Å². The highest BCUT2D eigenvalue weighted by molar-refractivity contribution is 9.10. The average molecular weight is 421 g/mol. The first-order valence-electron chi connectivity index (χ1n) is 8.07.